The van der Waals surface area contributed by atoms with E-state index in [1.165, 1.54) is 4.90 Å². The van der Waals surface area contributed by atoms with Crippen molar-refractivity contribution in [1.29, 1.82) is 0 Å². The molecule has 0 aliphatic carbocycles. The van der Waals surface area contributed by atoms with E-state index < -0.39 is 35.2 Å². The molecule has 2 fully saturated rings. The molecule has 3 heterocycles. The van der Waals surface area contributed by atoms with Crippen LogP contribution in [0.4, 0.5) is 5.69 Å². The number of methoxy groups -OCH3 is 1. The summed E-state index contributed by atoms with van der Waals surface area (Å²) in [5, 5.41) is 6.23. The summed E-state index contributed by atoms with van der Waals surface area (Å²) in [5.41, 5.74) is 6.94. The smallest absolute Gasteiger partial charge is 0.250 e. The SMILES string of the molecule is COc1ccc(CN2C(=O)[C@@H]3[C@H](CCC(N)=O)N[C@@]4(C(=O)Nc5c(C)cccc54)[C@@H]3C2=O)cc1. The first-order valence-electron chi connectivity index (χ1n) is 11.2. The van der Waals surface area contributed by atoms with Crippen molar-refractivity contribution in [3.8, 4) is 5.75 Å². The van der Waals surface area contributed by atoms with Crippen molar-refractivity contribution in [2.45, 2.75) is 37.9 Å². The maximum Gasteiger partial charge on any atom is 0.250 e. The van der Waals surface area contributed by atoms with Crippen molar-refractivity contribution in [2.24, 2.45) is 17.6 Å². The lowest BCUT2D eigenvalue weighted by molar-refractivity contribution is -0.143. The van der Waals surface area contributed by atoms with Gasteiger partial charge in [-0.15, -0.1) is 0 Å². The number of nitrogens with zero attached hydrogens (tertiary/aromatic N) is 1. The Labute approximate surface area is 196 Å². The predicted octanol–water partition coefficient (Wildman–Crippen LogP) is 1.19. The lowest BCUT2D eigenvalue weighted by Gasteiger charge is -2.29. The first-order valence-corrected chi connectivity index (χ1v) is 11.2. The fourth-order valence-corrected chi connectivity index (χ4v) is 5.65. The zero-order chi connectivity index (χ0) is 24.2. The summed E-state index contributed by atoms with van der Waals surface area (Å²) in [4.78, 5) is 53.6. The van der Waals surface area contributed by atoms with Gasteiger partial charge in [-0.3, -0.25) is 29.4 Å². The van der Waals surface area contributed by atoms with Gasteiger partial charge in [0.1, 0.15) is 11.3 Å². The lowest BCUT2D eigenvalue weighted by atomic mass is 9.76. The summed E-state index contributed by atoms with van der Waals surface area (Å²) in [5.74, 6) is -2.63. The van der Waals surface area contributed by atoms with Gasteiger partial charge in [0.15, 0.2) is 0 Å². The number of imide groups is 1. The van der Waals surface area contributed by atoms with Gasteiger partial charge in [0.2, 0.25) is 23.6 Å². The highest BCUT2D eigenvalue weighted by Crippen LogP contribution is 2.54. The molecule has 5 rings (SSSR count). The van der Waals surface area contributed by atoms with Crippen LogP contribution in [0.15, 0.2) is 42.5 Å². The van der Waals surface area contributed by atoms with E-state index >= 15 is 0 Å². The number of primary amides is 1. The Balaban J connectivity index is 1.56. The molecule has 2 saturated heterocycles. The molecule has 2 aromatic carbocycles. The number of anilines is 1. The number of hydrogen-bond donors (Lipinski definition) is 3. The van der Waals surface area contributed by atoms with Gasteiger partial charge in [-0.1, -0.05) is 30.3 Å². The van der Waals surface area contributed by atoms with E-state index in [0.717, 1.165) is 11.1 Å². The van der Waals surface area contributed by atoms with Crippen LogP contribution in [0.3, 0.4) is 0 Å². The fourth-order valence-electron chi connectivity index (χ4n) is 5.65. The molecule has 9 heteroatoms. The number of carbonyl (C=O) groups excluding carboxylic acids is 4. The number of likely N-dealkylation sites (tertiary alicyclic amines) is 1. The summed E-state index contributed by atoms with van der Waals surface area (Å²) in [7, 11) is 1.56. The summed E-state index contributed by atoms with van der Waals surface area (Å²) in [6.07, 6.45) is 0.293. The van der Waals surface area contributed by atoms with Gasteiger partial charge >= 0.3 is 0 Å². The Morgan fingerprint density at radius 1 is 1.12 bits per heavy atom. The largest absolute Gasteiger partial charge is 0.497 e. The number of benzene rings is 2. The molecule has 176 valence electrons. The van der Waals surface area contributed by atoms with E-state index in [1.54, 1.807) is 31.4 Å². The minimum atomic E-state index is -1.38. The van der Waals surface area contributed by atoms with Crippen LogP contribution in [0.25, 0.3) is 0 Å². The van der Waals surface area contributed by atoms with Crippen LogP contribution in [0.2, 0.25) is 0 Å². The van der Waals surface area contributed by atoms with E-state index in [1.807, 2.05) is 25.1 Å². The van der Waals surface area contributed by atoms with Gasteiger partial charge < -0.3 is 15.8 Å². The number of aryl methyl sites for hydroxylation is 1. The third-order valence-corrected chi connectivity index (χ3v) is 7.25. The van der Waals surface area contributed by atoms with Crippen LogP contribution in [-0.2, 0) is 31.3 Å². The molecular weight excluding hydrogens is 436 g/mol. The monoisotopic (exact) mass is 462 g/mol. The molecule has 3 aliphatic heterocycles. The van der Waals surface area contributed by atoms with Gasteiger partial charge in [-0.25, -0.2) is 0 Å². The Hall–Kier alpha value is -3.72. The topological polar surface area (TPSA) is 131 Å². The van der Waals surface area contributed by atoms with Crippen LogP contribution in [-0.4, -0.2) is 41.7 Å². The standard InChI is InChI=1S/C25H26N4O5/c1-13-4-3-5-16-21(13)27-24(33)25(16)20-19(17(28-25)10-11-18(26)30)22(31)29(23(20)32)12-14-6-8-15(34-2)9-7-14/h3-9,17,19-20,28H,10-12H2,1-2H3,(H2,26,30)(H,27,33)/t17-,19+,20-,25+/m0/s1. The Kier molecular flexibility index (Phi) is 5.16. The summed E-state index contributed by atoms with van der Waals surface area (Å²) in [6.45, 7) is 1.97. The second-order valence-corrected chi connectivity index (χ2v) is 9.13. The average Bonchev–Trinajstić information content (AvgIpc) is 3.40. The maximum atomic E-state index is 13.8. The quantitative estimate of drug-likeness (QED) is 0.553. The maximum absolute atomic E-state index is 13.8. The van der Waals surface area contributed by atoms with Crippen LogP contribution in [0, 0.1) is 18.8 Å². The van der Waals surface area contributed by atoms with Gasteiger partial charge in [0.25, 0.3) is 0 Å². The normalized spacial score (nSPS) is 27.2. The predicted molar refractivity (Wildman–Crippen MR) is 122 cm³/mol. The molecule has 34 heavy (non-hydrogen) atoms. The summed E-state index contributed by atoms with van der Waals surface area (Å²) in [6, 6.07) is 12.1. The number of carbonyl (C=O) groups is 4. The number of ether oxygens (including phenoxy) is 1. The van der Waals surface area contributed by atoms with Crippen LogP contribution >= 0.6 is 0 Å². The van der Waals surface area contributed by atoms with Crippen molar-refractivity contribution in [3.05, 3.63) is 59.2 Å². The highest BCUT2D eigenvalue weighted by molar-refractivity contribution is 6.15. The minimum Gasteiger partial charge on any atom is -0.497 e. The van der Waals surface area contributed by atoms with Crippen molar-refractivity contribution >= 4 is 29.3 Å². The van der Waals surface area contributed by atoms with Gasteiger partial charge in [-0.2, -0.15) is 0 Å². The first-order chi connectivity index (χ1) is 16.3. The number of para-hydroxylation sites is 1. The van der Waals surface area contributed by atoms with E-state index in [4.69, 9.17) is 10.5 Å². The molecular formula is C25H26N4O5. The number of nitrogens with one attached hydrogen (secondary N) is 2. The second kappa shape index (κ2) is 7.95. The molecule has 4 atom stereocenters. The Morgan fingerprint density at radius 2 is 1.85 bits per heavy atom. The molecule has 4 amide bonds. The number of nitrogens with two attached hydrogens (primary N) is 1. The van der Waals surface area contributed by atoms with Crippen LogP contribution in [0.5, 0.6) is 5.75 Å². The zero-order valence-electron chi connectivity index (χ0n) is 19.0. The zero-order valence-corrected chi connectivity index (χ0v) is 19.0. The molecule has 0 saturated carbocycles. The van der Waals surface area contributed by atoms with Crippen molar-refractivity contribution in [1.82, 2.24) is 10.2 Å². The third-order valence-electron chi connectivity index (χ3n) is 7.25. The molecule has 9 nitrogen and oxygen atoms in total. The molecule has 0 radical (unpaired) electrons. The van der Waals surface area contributed by atoms with Gasteiger partial charge in [0, 0.05) is 23.7 Å². The van der Waals surface area contributed by atoms with Crippen LogP contribution in [0.1, 0.15) is 29.5 Å². The highest BCUT2D eigenvalue weighted by atomic mass is 16.5. The van der Waals surface area contributed by atoms with E-state index in [0.29, 0.717) is 17.0 Å². The third kappa shape index (κ3) is 3.11. The van der Waals surface area contributed by atoms with E-state index in [-0.39, 0.29) is 31.2 Å². The molecule has 4 N–H and O–H groups in total. The van der Waals surface area contributed by atoms with Gasteiger partial charge in [-0.05, 0) is 36.6 Å². The molecule has 0 unspecified atom stereocenters. The first kappa shape index (κ1) is 22.1. The van der Waals surface area contributed by atoms with E-state index in [9.17, 15) is 19.2 Å². The summed E-state index contributed by atoms with van der Waals surface area (Å²) >= 11 is 0. The van der Waals surface area contributed by atoms with Gasteiger partial charge in [0.05, 0.1) is 25.5 Å². The fraction of sp³-hybridized carbons (Fsp3) is 0.360. The average molecular weight is 463 g/mol. The number of fused-ring (bicyclic) bond motifs is 4. The van der Waals surface area contributed by atoms with Crippen LogP contribution < -0.4 is 21.1 Å². The molecule has 1 spiro atoms. The molecule has 2 aromatic rings. The lowest BCUT2D eigenvalue weighted by Crippen LogP contribution is -2.53. The van der Waals surface area contributed by atoms with Crippen molar-refractivity contribution in [3.63, 3.8) is 0 Å². The van der Waals surface area contributed by atoms with Crippen molar-refractivity contribution < 1.29 is 23.9 Å². The number of amides is 4. The molecule has 0 aromatic heterocycles. The second-order valence-electron chi connectivity index (χ2n) is 9.13. The minimum absolute atomic E-state index is 0.0409. The number of hydrogen-bond acceptors (Lipinski definition) is 6. The Bertz CT molecular complexity index is 1210. The molecule has 0 bridgehead atoms. The number of rotatable bonds is 6. The highest BCUT2D eigenvalue weighted by Gasteiger charge is 2.70. The van der Waals surface area contributed by atoms with Crippen molar-refractivity contribution in [2.75, 3.05) is 12.4 Å². The Morgan fingerprint density at radius 3 is 2.53 bits per heavy atom. The van der Waals surface area contributed by atoms with E-state index in [2.05, 4.69) is 10.6 Å². The molecule has 3 aliphatic rings. The summed E-state index contributed by atoms with van der Waals surface area (Å²) < 4.78 is 5.18.